The highest BCUT2D eigenvalue weighted by atomic mass is 19.3. The van der Waals surface area contributed by atoms with Crippen molar-refractivity contribution >= 4 is 29.7 Å². The van der Waals surface area contributed by atoms with Crippen LogP contribution >= 0.6 is 0 Å². The minimum Gasteiger partial charge on any atom is -0.504 e. The van der Waals surface area contributed by atoms with E-state index in [1.807, 2.05) is 0 Å². The summed E-state index contributed by atoms with van der Waals surface area (Å²) < 4.78 is 57.0. The normalized spacial score (nSPS) is 30.9. The van der Waals surface area contributed by atoms with Gasteiger partial charge in [-0.2, -0.15) is 13.8 Å². The third-order valence-electron chi connectivity index (χ3n) is 9.54. The Morgan fingerprint density at radius 2 is 1.96 bits per heavy atom. The average molecular weight is 676 g/mol. The molecule has 0 aromatic carbocycles. The topological polar surface area (TPSA) is 196 Å². The highest BCUT2D eigenvalue weighted by Crippen LogP contribution is 2.65. The fraction of sp³-hybridized carbons (Fsp3) is 0.500. The minimum absolute atomic E-state index is 0.00851. The number of rotatable bonds is 8. The monoisotopic (exact) mass is 675 g/mol. The fourth-order valence-corrected chi connectivity index (χ4v) is 7.20. The lowest BCUT2D eigenvalue weighted by molar-refractivity contribution is -0.235. The Balaban J connectivity index is 1.31. The number of aliphatic hydroxyl groups is 1. The standard InChI is InChI=1S/C32H35F2N3O11/c1-17(24(40)45-16-20-23(39)32(33,34)26(46-20)37-15-10-22(35)36-28(37)43)6-5-11-29(3)21-9-13-30(27(42)48-29)12-7-19(25(41)44-4)8-14-31(21,30)47-18(2)38/h5-7,10-11,15,21,26,39H,8-9,12-14,16H2,1-4H3,(H2,35,36,43)/b11-5+,17-6+/t21-,26+,29+,30+,31-/m0/s1. The molecule has 5 rings (SSSR count). The fourth-order valence-electron chi connectivity index (χ4n) is 7.20. The number of hydrogen-bond donors (Lipinski definition) is 2. The number of hydrogen-bond acceptors (Lipinski definition) is 13. The second-order valence-electron chi connectivity index (χ2n) is 12.3. The van der Waals surface area contributed by atoms with Gasteiger partial charge >= 0.3 is 35.5 Å². The molecule has 0 radical (unpaired) electrons. The van der Waals surface area contributed by atoms with Crippen LogP contribution in [0.3, 0.4) is 0 Å². The van der Waals surface area contributed by atoms with Crippen LogP contribution in [0.5, 0.6) is 0 Å². The molecule has 2 aliphatic carbocycles. The summed E-state index contributed by atoms with van der Waals surface area (Å²) in [6.07, 6.45) is 6.01. The number of carbonyl (C=O) groups is 4. The summed E-state index contributed by atoms with van der Waals surface area (Å²) in [7, 11) is 1.26. The molecule has 1 aromatic heterocycles. The molecule has 14 nitrogen and oxygen atoms in total. The molecule has 1 saturated carbocycles. The van der Waals surface area contributed by atoms with Crippen LogP contribution in [0.1, 0.15) is 59.1 Å². The van der Waals surface area contributed by atoms with Gasteiger partial charge < -0.3 is 34.5 Å². The second-order valence-corrected chi connectivity index (χ2v) is 12.3. The summed E-state index contributed by atoms with van der Waals surface area (Å²) in [6.45, 7) is 3.43. The SMILES string of the molecule is COC(=O)C1=CC[C@@]23CC[C@@H]([C@@](C)(/C=C/C=C(\C)C(=O)OCC4=C(O)C(F)(F)[C@H](n5ccc(N)nc5=O)O4)OC2=O)[C@@]3(OC(C)=O)CC1. The molecule has 0 amide bonds. The number of anilines is 1. The summed E-state index contributed by atoms with van der Waals surface area (Å²) in [5.74, 6) is -9.66. The number of carbonyl (C=O) groups excluding carboxylic acids is 4. The molecule has 2 aliphatic heterocycles. The van der Waals surface area contributed by atoms with Crippen LogP contribution in [0, 0.1) is 11.3 Å². The lowest BCUT2D eigenvalue weighted by Gasteiger charge is -2.54. The van der Waals surface area contributed by atoms with Crippen molar-refractivity contribution < 1.29 is 56.7 Å². The summed E-state index contributed by atoms with van der Waals surface area (Å²) in [5, 5.41) is 10.1. The molecule has 0 unspecified atom stereocenters. The Kier molecular flexibility index (Phi) is 8.73. The highest BCUT2D eigenvalue weighted by molar-refractivity contribution is 5.90. The molecule has 4 aliphatic rings. The van der Waals surface area contributed by atoms with Gasteiger partial charge in [-0.1, -0.05) is 18.2 Å². The molecular weight excluding hydrogens is 640 g/mol. The summed E-state index contributed by atoms with van der Waals surface area (Å²) >= 11 is 0. The highest BCUT2D eigenvalue weighted by Gasteiger charge is 2.74. The smallest absolute Gasteiger partial charge is 0.362 e. The molecule has 1 saturated heterocycles. The van der Waals surface area contributed by atoms with Gasteiger partial charge in [0.25, 0.3) is 6.23 Å². The van der Waals surface area contributed by atoms with Crippen molar-refractivity contribution in [3.05, 3.63) is 69.7 Å². The van der Waals surface area contributed by atoms with Crippen molar-refractivity contribution in [2.75, 3.05) is 19.5 Å². The second kappa shape index (κ2) is 12.2. The van der Waals surface area contributed by atoms with Crippen LogP contribution in [-0.4, -0.2) is 69.4 Å². The third-order valence-corrected chi connectivity index (χ3v) is 9.54. The predicted octanol–water partition coefficient (Wildman–Crippen LogP) is 3.10. The molecule has 2 fully saturated rings. The van der Waals surface area contributed by atoms with Crippen LogP contribution in [0.2, 0.25) is 0 Å². The maximum atomic E-state index is 14.8. The van der Waals surface area contributed by atoms with Crippen molar-refractivity contribution in [3.8, 4) is 0 Å². The Hall–Kier alpha value is -5.02. The Bertz CT molecular complexity index is 1750. The number of aromatic nitrogens is 2. The van der Waals surface area contributed by atoms with Gasteiger partial charge in [0.15, 0.2) is 12.4 Å². The van der Waals surface area contributed by atoms with Crippen LogP contribution in [0.15, 0.2) is 64.0 Å². The van der Waals surface area contributed by atoms with Gasteiger partial charge in [0.1, 0.15) is 22.4 Å². The maximum absolute atomic E-state index is 14.8. The zero-order valence-electron chi connectivity index (χ0n) is 26.6. The number of nitrogens with zero attached hydrogens (tertiary/aromatic N) is 2. The van der Waals surface area contributed by atoms with Crippen molar-refractivity contribution in [1.82, 2.24) is 9.55 Å². The van der Waals surface area contributed by atoms with Crippen molar-refractivity contribution in [1.29, 1.82) is 0 Å². The van der Waals surface area contributed by atoms with E-state index in [0.29, 0.717) is 23.0 Å². The first-order valence-electron chi connectivity index (χ1n) is 15.1. The Morgan fingerprint density at radius 3 is 2.62 bits per heavy atom. The van der Waals surface area contributed by atoms with E-state index in [-0.39, 0.29) is 30.7 Å². The van der Waals surface area contributed by atoms with Crippen molar-refractivity contribution in [2.24, 2.45) is 11.3 Å². The van der Waals surface area contributed by atoms with E-state index < -0.39 is 82.4 Å². The number of nitrogen functional groups attached to an aromatic ring is 1. The van der Waals surface area contributed by atoms with Crippen LogP contribution in [0.4, 0.5) is 14.6 Å². The van der Waals surface area contributed by atoms with Gasteiger partial charge in [0.2, 0.25) is 5.76 Å². The number of methoxy groups -OCH3 is 1. The van der Waals surface area contributed by atoms with Gasteiger partial charge in [0, 0.05) is 30.2 Å². The molecule has 2 bridgehead atoms. The van der Waals surface area contributed by atoms with E-state index in [2.05, 4.69) is 4.98 Å². The number of cyclic esters (lactones) is 1. The van der Waals surface area contributed by atoms with Gasteiger partial charge in [-0.3, -0.25) is 14.2 Å². The number of alkyl halides is 2. The van der Waals surface area contributed by atoms with Gasteiger partial charge in [-0.25, -0.2) is 14.4 Å². The zero-order valence-corrected chi connectivity index (χ0v) is 26.6. The lowest BCUT2D eigenvalue weighted by Crippen LogP contribution is -2.65. The number of ether oxygens (including phenoxy) is 5. The third kappa shape index (κ3) is 5.52. The van der Waals surface area contributed by atoms with E-state index in [4.69, 9.17) is 29.4 Å². The van der Waals surface area contributed by atoms with Crippen molar-refractivity contribution in [2.45, 2.75) is 76.2 Å². The molecule has 258 valence electrons. The number of aliphatic hydroxyl groups excluding tert-OH is 1. The molecule has 1 aromatic rings. The number of nitrogens with two attached hydrogens (primary N) is 1. The molecule has 5 atom stereocenters. The average Bonchev–Trinajstić information content (AvgIpc) is 3.32. The maximum Gasteiger partial charge on any atom is 0.362 e. The number of esters is 4. The first-order chi connectivity index (χ1) is 22.5. The first-order valence-corrected chi connectivity index (χ1v) is 15.1. The Morgan fingerprint density at radius 1 is 1.23 bits per heavy atom. The van der Waals surface area contributed by atoms with E-state index in [9.17, 15) is 37.9 Å². The van der Waals surface area contributed by atoms with Crippen molar-refractivity contribution in [3.63, 3.8) is 0 Å². The van der Waals surface area contributed by atoms with Crippen LogP contribution in [-0.2, 0) is 42.9 Å². The number of halogens is 2. The molecule has 3 N–H and O–H groups in total. The minimum atomic E-state index is -4.04. The molecule has 16 heteroatoms. The summed E-state index contributed by atoms with van der Waals surface area (Å²) in [5.41, 5.74) is 0.889. The quantitative estimate of drug-likeness (QED) is 0.177. The summed E-state index contributed by atoms with van der Waals surface area (Å²) in [6, 6.07) is 1.10. The van der Waals surface area contributed by atoms with Crippen LogP contribution in [0.25, 0.3) is 0 Å². The van der Waals surface area contributed by atoms with Gasteiger partial charge in [-0.05, 0) is 58.1 Å². The van der Waals surface area contributed by atoms with Crippen LogP contribution < -0.4 is 11.4 Å². The van der Waals surface area contributed by atoms with Gasteiger partial charge in [-0.15, -0.1) is 0 Å². The van der Waals surface area contributed by atoms with E-state index in [1.165, 1.54) is 33.1 Å². The zero-order chi connectivity index (χ0) is 35.2. The van der Waals surface area contributed by atoms with Gasteiger partial charge in [0.05, 0.1) is 7.11 Å². The molecule has 48 heavy (non-hydrogen) atoms. The number of allylic oxidation sites excluding steroid dienone is 3. The van der Waals surface area contributed by atoms with E-state index in [0.717, 1.165) is 12.3 Å². The summed E-state index contributed by atoms with van der Waals surface area (Å²) in [4.78, 5) is 66.7. The predicted molar refractivity (Wildman–Crippen MR) is 160 cm³/mol. The lowest BCUT2D eigenvalue weighted by atomic mass is 9.62. The molecule has 3 heterocycles. The molecular formula is C32H35F2N3O11. The first kappa shape index (κ1) is 34.3. The Labute approximate surface area is 272 Å². The largest absolute Gasteiger partial charge is 0.504 e. The van der Waals surface area contributed by atoms with E-state index in [1.54, 1.807) is 19.1 Å². The molecule has 0 spiro atoms. The van der Waals surface area contributed by atoms with E-state index >= 15 is 0 Å².